The van der Waals surface area contributed by atoms with E-state index in [0.717, 1.165) is 42.5 Å². The molecule has 8 aromatic heterocycles. The summed E-state index contributed by atoms with van der Waals surface area (Å²) in [6.45, 7) is -27.2. The van der Waals surface area contributed by atoms with Crippen LogP contribution in [0.25, 0.3) is 11.2 Å². The molecular weight excluding hydrogens is 2170 g/mol. The fourth-order valence-corrected chi connectivity index (χ4v) is 26.3. The van der Waals surface area contributed by atoms with E-state index in [-0.39, 0.29) is 88.8 Å². The SMILES string of the molecule is COP(=O)(S)O[C@@H]1C[C@H](n2cc(C)c(=O)[nH]c2=O)O[C@@H]1COP(=O)(S)O[C@@H]1C[C@H](n2cc(C)c(N)nc2=O)O[C@@H]1COP(=O)(S)O[C@@H]1C[C@H](n2cnc3c(N)ncnc32)O[C@@H]1COP(=O)(S)O[C@@H]1C[C@H](n2cc(C)c(N)nc2=O)O[C@@H]1COP(=O)(S)O[C@@H]1C[C@H](n2cc(C)c(=O)[nH]c2=O)O[C@@H]1COP(=O)(S)O[C@@H]1C[C@H](n2cc(C)c(=O)[nH]c2=O)O[C@@H]1COP(=O)(S)O[C@@H]1C[C@H](n2cc(C)c(N)nc2=O)O[C@@H]1C. The second-order valence-corrected chi connectivity index (χ2v) is 53.7. The standard InChI is InChI=1S/C71H97N20O37P7S7/c1-30-16-85(66(95)79-58(30)72)50-9-37(36(7)115-50)122-130(102,137)109-23-45-41(13-54(119-45)89-20-34(5)64(93)83-70(89)99)126-133(105,140)112-26-48-42(14-55(120-48)90-21-35(6)65(94)84-71(90)100)127-132(104,139)111-24-46-40(12-52(117-46)87-18-32(3)60(74)81-68(87)97)125-134(106,141)114-27-49-43(15-56(121-49)91-29-78-57-61(75)76-28-77-62(57)91)128-135(107,142)113-25-47-39(11-51(118-47)86-17-31(2)59(73)80-67(86)96)124-131(103,138)110-22-44-38(123-129(101,136)108-8)10-53(116-44)88-19-33(4)63(92)82-69(88)98/h16-21,28-29,36-56H,9-15,22-27H2,1-8H3,(H,101,136)(H,102,137)(H,103,138)(H,104,139)(H,105,140)(H,106,141)(H,107,142)(H2,72,79,95)(H2,73,80,96)(H2,74,81,97)(H2,75,76,77)(H,82,92,98)(H,83,93,99)(H,84,94,100)/t36-,37-,38-,39-,40-,41-,42-,43-,44-,45-,46-,47-,48-,49-,50-,51-,52-,53-,54-,55-,56-,129?,130?,131?,132?,133?,134?,135?/m1/s1. The predicted molar refractivity (Wildman–Crippen MR) is 519 cm³/mol. The summed E-state index contributed by atoms with van der Waals surface area (Å²) in [7, 11) is 1.05. The number of fused-ring (bicyclic) bond motifs is 1. The molecule has 0 radical (unpaired) electrons. The van der Waals surface area contributed by atoms with Gasteiger partial charge in [-0.25, -0.2) is 75.7 Å². The Balaban J connectivity index is 0.634. The lowest BCUT2D eigenvalue weighted by Gasteiger charge is -2.27. The number of imidazole rings is 1. The van der Waals surface area contributed by atoms with Gasteiger partial charge in [0.25, 0.3) is 16.7 Å². The van der Waals surface area contributed by atoms with E-state index < -0.39 is 280 Å². The number of aromatic amines is 3. The maximum absolute atomic E-state index is 15.0. The zero-order valence-corrected chi connectivity index (χ0v) is 87.9. The second-order valence-electron chi connectivity index (χ2n) is 33.5. The Hall–Kier alpha value is -6.35. The Kier molecular flexibility index (Phi) is 34.1. The van der Waals surface area contributed by atoms with Crippen molar-refractivity contribution in [2.24, 2.45) is 0 Å². The van der Waals surface area contributed by atoms with Crippen molar-refractivity contribution < 1.29 is 128 Å². The Morgan fingerprint density at radius 3 is 0.852 bits per heavy atom. The van der Waals surface area contributed by atoms with E-state index in [4.69, 9.17) is 119 Å². The van der Waals surface area contributed by atoms with Crippen molar-refractivity contribution in [3.05, 3.63) is 177 Å². The van der Waals surface area contributed by atoms with Crippen molar-refractivity contribution in [3.63, 3.8) is 0 Å². The van der Waals surface area contributed by atoms with Crippen LogP contribution < -0.4 is 73.8 Å². The summed E-state index contributed by atoms with van der Waals surface area (Å²) in [5.41, 5.74) is 18.0. The number of aromatic nitrogens is 16. The highest BCUT2D eigenvalue weighted by Gasteiger charge is 2.53. The molecule has 0 amide bonds. The second kappa shape index (κ2) is 44.1. The first-order chi connectivity index (χ1) is 66.5. The molecule has 0 spiro atoms. The lowest BCUT2D eigenvalue weighted by Crippen LogP contribution is -2.33. The predicted octanol–water partition coefficient (Wildman–Crippen LogP) is 6.17. The third-order valence-electron chi connectivity index (χ3n) is 23.5. The summed E-state index contributed by atoms with van der Waals surface area (Å²) in [4.78, 5) is 148. The Bertz CT molecular complexity index is 7080. The average Bonchev–Trinajstić information content (AvgIpc) is 1.62. The summed E-state index contributed by atoms with van der Waals surface area (Å²) >= 11 is 29.8. The molecule has 15 rings (SSSR count). The van der Waals surface area contributed by atoms with Crippen LogP contribution in [0.3, 0.4) is 0 Å². The van der Waals surface area contributed by atoms with Crippen LogP contribution in [0.2, 0.25) is 0 Å². The zero-order valence-electron chi connectivity index (χ0n) is 75.4. The molecule has 7 unspecified atom stereocenters. The Labute approximate surface area is 836 Å². The van der Waals surface area contributed by atoms with Crippen molar-refractivity contribution in [2.45, 2.75) is 222 Å². The summed E-state index contributed by atoms with van der Waals surface area (Å²) in [5.74, 6) is -0.303. The van der Waals surface area contributed by atoms with Crippen LogP contribution in [-0.4, -0.2) is 209 Å². The topological polar surface area (TPSA) is 730 Å². The fraction of sp³-hybridized carbons (Fsp3) is 0.592. The van der Waals surface area contributed by atoms with Gasteiger partial charge in [-0.05, 0) is 48.5 Å². The normalized spacial score (nSPS) is 29.9. The first kappa shape index (κ1) is 110. The highest BCUT2D eigenvalue weighted by Crippen LogP contribution is 2.65. The van der Waals surface area contributed by atoms with Gasteiger partial charge < -0.3 is 60.6 Å². The van der Waals surface area contributed by atoms with Gasteiger partial charge in [0.05, 0.1) is 58.2 Å². The number of thiol groups is 7. The summed E-state index contributed by atoms with van der Waals surface area (Å²) < 4.78 is 235. The number of nitrogens with zero attached hydrogens (tertiary/aromatic N) is 13. The lowest BCUT2D eigenvalue weighted by atomic mass is 10.2. The molecule has 57 nitrogen and oxygen atoms in total. The minimum absolute atomic E-state index is 0.00296. The van der Waals surface area contributed by atoms with Crippen molar-refractivity contribution in [1.29, 1.82) is 0 Å². The van der Waals surface area contributed by atoms with Crippen molar-refractivity contribution in [2.75, 3.05) is 69.7 Å². The van der Waals surface area contributed by atoms with E-state index >= 15 is 4.57 Å². The van der Waals surface area contributed by atoms with E-state index in [0.29, 0.717) is 11.1 Å². The van der Waals surface area contributed by atoms with Crippen LogP contribution in [0, 0.1) is 41.5 Å². The monoisotopic (exact) mass is 2260 g/mol. The van der Waals surface area contributed by atoms with E-state index in [1.165, 1.54) is 74.1 Å². The molecule has 7 saturated heterocycles. The van der Waals surface area contributed by atoms with E-state index in [1.807, 2.05) is 0 Å². The Morgan fingerprint density at radius 2 is 0.570 bits per heavy atom. The van der Waals surface area contributed by atoms with Crippen LogP contribution in [0.1, 0.15) is 129 Å². The smallest absolute Gasteiger partial charge is 0.383 e. The van der Waals surface area contributed by atoms with Gasteiger partial charge in [-0.3, -0.25) is 120 Å². The minimum atomic E-state index is -4.92. The number of rotatable bonds is 40. The largest absolute Gasteiger partial charge is 0.386 e. The average molecular weight is 2260 g/mol. The quantitative estimate of drug-likeness (QED) is 0.0151. The van der Waals surface area contributed by atoms with Gasteiger partial charge in [0.15, 0.2) is 11.5 Å². The molecule has 8 aromatic rings. The molecule has 71 heteroatoms. The number of ether oxygens (including phenoxy) is 7. The maximum atomic E-state index is 15.0. The number of nitrogens with one attached hydrogen (secondary N) is 3. The first-order valence-electron chi connectivity index (χ1n) is 42.6. The fourth-order valence-electron chi connectivity index (χ4n) is 16.1. The number of H-pyrrole nitrogens is 3. The first-order valence-corrected chi connectivity index (χ1v) is 61.5. The number of anilines is 4. The highest BCUT2D eigenvalue weighted by molar-refractivity contribution is 8.46. The molecule has 7 fully saturated rings. The summed E-state index contributed by atoms with van der Waals surface area (Å²) in [6.07, 6.45) is -20.4. The molecule has 0 aromatic carbocycles. The van der Waals surface area contributed by atoms with Crippen molar-refractivity contribution in [1.82, 2.24) is 76.8 Å². The third-order valence-corrected chi connectivity index (χ3v) is 35.1. The molecular formula is C71H97N20O37P7S7. The van der Waals surface area contributed by atoms with Gasteiger partial charge in [0.2, 0.25) is 0 Å². The summed E-state index contributed by atoms with van der Waals surface area (Å²) in [5, 5.41) is 0. The Morgan fingerprint density at radius 1 is 0.331 bits per heavy atom. The molecule has 142 heavy (non-hydrogen) atoms. The van der Waals surface area contributed by atoms with Gasteiger partial charge >= 0.3 is 81.7 Å². The van der Waals surface area contributed by atoms with Crippen molar-refractivity contribution in [3.8, 4) is 0 Å². The minimum Gasteiger partial charge on any atom is -0.383 e. The van der Waals surface area contributed by atoms with Gasteiger partial charge in [-0.2, -0.15) is 15.0 Å². The van der Waals surface area contributed by atoms with Crippen LogP contribution in [-0.2, 0) is 128 Å². The van der Waals surface area contributed by atoms with Crippen molar-refractivity contribution >= 4 is 168 Å². The lowest BCUT2D eigenvalue weighted by molar-refractivity contribution is -0.0537. The molecule has 780 valence electrons. The molecule has 28 atom stereocenters. The third kappa shape index (κ3) is 26.4. The van der Waals surface area contributed by atoms with Crippen LogP contribution in [0.4, 0.5) is 23.3 Å². The molecule has 0 bridgehead atoms. The number of hydrogen-bond donors (Lipinski definition) is 14. The molecule has 15 heterocycles. The zero-order chi connectivity index (χ0) is 103. The van der Waals surface area contributed by atoms with Crippen LogP contribution in [0.5, 0.6) is 0 Å². The van der Waals surface area contributed by atoms with Gasteiger partial charge in [-0.1, -0.05) is 85.7 Å². The summed E-state index contributed by atoms with van der Waals surface area (Å²) in [6, 6.07) is 0. The van der Waals surface area contributed by atoms with Gasteiger partial charge in [0, 0.05) is 123 Å². The van der Waals surface area contributed by atoms with E-state index in [2.05, 4.69) is 131 Å². The highest BCUT2D eigenvalue weighted by atomic mass is 32.7. The molecule has 7 aliphatic rings. The molecule has 0 aliphatic carbocycles. The molecule has 7 aliphatic heterocycles. The van der Waals surface area contributed by atoms with Crippen LogP contribution in [0.15, 0.2) is 93.0 Å². The number of nitrogens with two attached hydrogens (primary N) is 4. The molecule has 0 saturated carbocycles. The van der Waals surface area contributed by atoms with Gasteiger partial charge in [-0.15, -0.1) is 0 Å². The molecule has 11 N–H and O–H groups in total. The van der Waals surface area contributed by atoms with Crippen LogP contribution >= 0.6 is 133 Å². The maximum Gasteiger partial charge on any atom is 0.386 e. The number of nitrogen functional groups attached to an aromatic ring is 4. The number of hydrogen-bond acceptors (Lipinski definition) is 47. The van der Waals surface area contributed by atoms with Gasteiger partial charge in [0.1, 0.15) is 146 Å². The number of aryl methyl sites for hydroxylation is 6. The van der Waals surface area contributed by atoms with E-state index in [1.54, 1.807) is 20.8 Å². The van der Waals surface area contributed by atoms with E-state index in [9.17, 15) is 70.5 Å².